The largest absolute Gasteiger partial charge is 0.494 e. The molecule has 0 amide bonds. The molecule has 0 heterocycles. The normalized spacial score (nSPS) is 12.2. The molecule has 1 unspecified atom stereocenters. The molecule has 3 nitrogen and oxygen atoms in total. The first-order chi connectivity index (χ1) is 16.7. The van der Waals surface area contributed by atoms with Crippen molar-refractivity contribution in [3.8, 4) is 11.5 Å². The third-order valence-corrected chi connectivity index (χ3v) is 6.15. The fourth-order valence-electron chi connectivity index (χ4n) is 3.99. The zero-order valence-electron chi connectivity index (χ0n) is 21.9. The lowest BCUT2D eigenvalue weighted by Crippen LogP contribution is -2.11. The van der Waals surface area contributed by atoms with Crippen molar-refractivity contribution in [2.24, 2.45) is 4.99 Å². The van der Waals surface area contributed by atoms with Crippen LogP contribution in [0.25, 0.3) is 0 Å². The van der Waals surface area contributed by atoms with Crippen molar-refractivity contribution in [1.29, 1.82) is 0 Å². The van der Waals surface area contributed by atoms with E-state index in [2.05, 4.69) is 37.9 Å². The molecule has 0 saturated heterocycles. The number of rotatable bonds is 19. The highest BCUT2D eigenvalue weighted by molar-refractivity contribution is 5.82. The van der Waals surface area contributed by atoms with E-state index in [9.17, 15) is 0 Å². The molecule has 2 rings (SSSR count). The summed E-state index contributed by atoms with van der Waals surface area (Å²) >= 11 is 0. The number of benzene rings is 2. The Morgan fingerprint density at radius 1 is 0.676 bits per heavy atom. The summed E-state index contributed by atoms with van der Waals surface area (Å²) in [6, 6.07) is 16.2. The first-order valence-corrected chi connectivity index (χ1v) is 13.7. The molecule has 0 spiro atoms. The van der Waals surface area contributed by atoms with E-state index in [0.717, 1.165) is 42.2 Å². The summed E-state index contributed by atoms with van der Waals surface area (Å²) in [5.74, 6) is 1.85. The van der Waals surface area contributed by atoms with Crippen LogP contribution >= 0.6 is 0 Å². The van der Waals surface area contributed by atoms with Gasteiger partial charge in [0, 0.05) is 6.21 Å². The van der Waals surface area contributed by atoms with Gasteiger partial charge in [0.1, 0.15) is 11.5 Å². The summed E-state index contributed by atoms with van der Waals surface area (Å²) in [5, 5.41) is 0. The van der Waals surface area contributed by atoms with Gasteiger partial charge in [0.2, 0.25) is 0 Å². The van der Waals surface area contributed by atoms with E-state index >= 15 is 0 Å². The molecule has 0 bridgehead atoms. The molecule has 34 heavy (non-hydrogen) atoms. The Bertz CT molecular complexity index is 767. The third-order valence-electron chi connectivity index (χ3n) is 6.15. The summed E-state index contributed by atoms with van der Waals surface area (Å²) in [4.78, 5) is 4.60. The predicted molar refractivity (Wildman–Crippen MR) is 147 cm³/mol. The number of unbranched alkanes of at least 4 members (excludes halogenated alkanes) is 10. The van der Waals surface area contributed by atoms with Crippen LogP contribution in [-0.2, 0) is 0 Å². The minimum atomic E-state index is 0.257. The van der Waals surface area contributed by atoms with Crippen molar-refractivity contribution < 1.29 is 9.47 Å². The predicted octanol–water partition coefficient (Wildman–Crippen LogP) is 9.69. The second-order valence-corrected chi connectivity index (χ2v) is 9.42. The van der Waals surface area contributed by atoms with Crippen molar-refractivity contribution in [1.82, 2.24) is 0 Å². The van der Waals surface area contributed by atoms with Crippen LogP contribution in [0.5, 0.6) is 11.5 Å². The van der Waals surface area contributed by atoms with Crippen molar-refractivity contribution in [3.63, 3.8) is 0 Å². The molecule has 0 radical (unpaired) electrons. The number of hydrogen-bond acceptors (Lipinski definition) is 3. The third kappa shape index (κ3) is 12.8. The van der Waals surface area contributed by atoms with E-state index in [1.165, 1.54) is 70.6 Å². The van der Waals surface area contributed by atoms with Gasteiger partial charge in [-0.2, -0.15) is 0 Å². The van der Waals surface area contributed by atoms with Gasteiger partial charge < -0.3 is 9.47 Å². The van der Waals surface area contributed by atoms with Gasteiger partial charge in [-0.25, -0.2) is 0 Å². The van der Waals surface area contributed by atoms with Crippen molar-refractivity contribution >= 4 is 11.9 Å². The summed E-state index contributed by atoms with van der Waals surface area (Å²) in [6.45, 7) is 7.46. The van der Waals surface area contributed by atoms with E-state index in [4.69, 9.17) is 9.47 Å². The SMILES string of the molecule is CCCCCCCCCCOc1ccc(N=Cc2ccc(OC(C)CCCCCC)cc2)cc1. The summed E-state index contributed by atoms with van der Waals surface area (Å²) in [6.07, 6.45) is 18.9. The van der Waals surface area contributed by atoms with E-state index in [-0.39, 0.29) is 6.10 Å². The maximum atomic E-state index is 6.04. The highest BCUT2D eigenvalue weighted by Gasteiger charge is 2.04. The zero-order valence-corrected chi connectivity index (χ0v) is 21.9. The molecule has 2 aromatic carbocycles. The fraction of sp³-hybridized carbons (Fsp3) is 0.581. The van der Waals surface area contributed by atoms with Crippen molar-refractivity contribution in [2.45, 2.75) is 110 Å². The molecule has 0 N–H and O–H groups in total. The Morgan fingerprint density at radius 2 is 1.24 bits per heavy atom. The molecule has 1 atom stereocenters. The van der Waals surface area contributed by atoms with Crippen LogP contribution in [0.4, 0.5) is 5.69 Å². The van der Waals surface area contributed by atoms with Gasteiger partial charge >= 0.3 is 0 Å². The Hall–Kier alpha value is -2.29. The highest BCUT2D eigenvalue weighted by atomic mass is 16.5. The van der Waals surface area contributed by atoms with Gasteiger partial charge in [-0.1, -0.05) is 78.1 Å². The van der Waals surface area contributed by atoms with E-state index < -0.39 is 0 Å². The van der Waals surface area contributed by atoms with Crippen LogP contribution in [0.15, 0.2) is 53.5 Å². The lowest BCUT2D eigenvalue weighted by molar-refractivity contribution is 0.206. The Labute approximate surface area is 209 Å². The summed E-state index contributed by atoms with van der Waals surface area (Å²) in [5.41, 5.74) is 2.00. The molecule has 0 fully saturated rings. The Balaban J connectivity index is 1.64. The molecule has 2 aromatic rings. The van der Waals surface area contributed by atoms with Crippen molar-refractivity contribution in [3.05, 3.63) is 54.1 Å². The lowest BCUT2D eigenvalue weighted by atomic mass is 10.1. The standard InChI is InChI=1S/C31H47NO2/c1-4-6-8-10-11-12-13-15-25-33-30-23-19-29(20-24-30)32-26-28-17-21-31(22-18-28)34-27(3)16-14-9-7-5-2/h17-24,26-27H,4-16,25H2,1-3H3. The van der Waals surface area contributed by atoms with E-state index in [1.807, 2.05) is 42.6 Å². The van der Waals surface area contributed by atoms with E-state index in [0.29, 0.717) is 0 Å². The average molecular weight is 466 g/mol. The second-order valence-electron chi connectivity index (χ2n) is 9.42. The molecule has 0 aliphatic carbocycles. The highest BCUT2D eigenvalue weighted by Crippen LogP contribution is 2.20. The number of ether oxygens (including phenoxy) is 2. The number of hydrogen-bond donors (Lipinski definition) is 0. The monoisotopic (exact) mass is 465 g/mol. The summed E-state index contributed by atoms with van der Waals surface area (Å²) in [7, 11) is 0. The fourth-order valence-corrected chi connectivity index (χ4v) is 3.99. The van der Waals surface area contributed by atoms with Crippen molar-refractivity contribution in [2.75, 3.05) is 6.61 Å². The molecule has 3 heteroatoms. The van der Waals surface area contributed by atoms with Crippen LogP contribution in [0, 0.1) is 0 Å². The minimum absolute atomic E-state index is 0.257. The Morgan fingerprint density at radius 3 is 1.88 bits per heavy atom. The molecule has 188 valence electrons. The second kappa shape index (κ2) is 18.1. The van der Waals surface area contributed by atoms with Gasteiger partial charge in [-0.05, 0) is 80.3 Å². The molecule has 0 aromatic heterocycles. The van der Waals surface area contributed by atoms with Gasteiger partial charge in [0.15, 0.2) is 0 Å². The number of aliphatic imine (C=N–C) groups is 1. The van der Waals surface area contributed by atoms with Gasteiger partial charge in [0.25, 0.3) is 0 Å². The van der Waals surface area contributed by atoms with Crippen LogP contribution in [0.3, 0.4) is 0 Å². The molecular formula is C31H47NO2. The van der Waals surface area contributed by atoms with Crippen LogP contribution < -0.4 is 9.47 Å². The van der Waals surface area contributed by atoms with Crippen LogP contribution in [-0.4, -0.2) is 18.9 Å². The first-order valence-electron chi connectivity index (χ1n) is 13.7. The maximum absolute atomic E-state index is 6.04. The molecular weight excluding hydrogens is 418 g/mol. The topological polar surface area (TPSA) is 30.8 Å². The molecule has 0 aliphatic heterocycles. The minimum Gasteiger partial charge on any atom is -0.494 e. The van der Waals surface area contributed by atoms with Gasteiger partial charge in [0.05, 0.1) is 18.4 Å². The van der Waals surface area contributed by atoms with Crippen LogP contribution in [0.1, 0.15) is 110 Å². The maximum Gasteiger partial charge on any atom is 0.119 e. The van der Waals surface area contributed by atoms with E-state index in [1.54, 1.807) is 0 Å². The summed E-state index contributed by atoms with van der Waals surface area (Å²) < 4.78 is 11.9. The quantitative estimate of drug-likeness (QED) is 0.153. The first kappa shape index (κ1) is 28.0. The lowest BCUT2D eigenvalue weighted by Gasteiger charge is -2.14. The number of nitrogens with zero attached hydrogens (tertiary/aromatic N) is 1. The molecule has 0 aliphatic rings. The average Bonchev–Trinajstić information content (AvgIpc) is 2.86. The Kier molecular flexibility index (Phi) is 14.9. The van der Waals surface area contributed by atoms with Gasteiger partial charge in [-0.3, -0.25) is 4.99 Å². The smallest absolute Gasteiger partial charge is 0.119 e. The zero-order chi connectivity index (χ0) is 24.3. The van der Waals surface area contributed by atoms with Gasteiger partial charge in [-0.15, -0.1) is 0 Å². The molecule has 0 saturated carbocycles. The van der Waals surface area contributed by atoms with Crippen LogP contribution in [0.2, 0.25) is 0 Å².